The van der Waals surface area contributed by atoms with E-state index in [0.29, 0.717) is 12.2 Å². The first-order valence-electron chi connectivity index (χ1n) is 18.1. The molecule has 0 unspecified atom stereocenters. The van der Waals surface area contributed by atoms with E-state index in [0.717, 1.165) is 39.2 Å². The highest BCUT2D eigenvalue weighted by atomic mass is 15.0. The van der Waals surface area contributed by atoms with Crippen LogP contribution >= 0.6 is 0 Å². The molecule has 53 heavy (non-hydrogen) atoms. The Morgan fingerprint density at radius 3 is 2.00 bits per heavy atom. The lowest BCUT2D eigenvalue weighted by molar-refractivity contribution is 0.934. The molecule has 8 aromatic carbocycles. The van der Waals surface area contributed by atoms with Gasteiger partial charge in [0.2, 0.25) is 0 Å². The van der Waals surface area contributed by atoms with E-state index in [-0.39, 0.29) is 0 Å². The normalized spacial score (nSPS) is 12.1. The second-order valence-corrected chi connectivity index (χ2v) is 13.8. The van der Waals surface area contributed by atoms with Crippen LogP contribution in [0.5, 0.6) is 0 Å². The molecule has 0 radical (unpaired) electrons. The highest BCUT2D eigenvalue weighted by Crippen LogP contribution is 2.40. The van der Waals surface area contributed by atoms with Gasteiger partial charge in [-0.1, -0.05) is 121 Å². The van der Waals surface area contributed by atoms with Crippen LogP contribution in [0.15, 0.2) is 181 Å². The molecule has 0 aliphatic heterocycles. The number of nitrogens with zero attached hydrogens (tertiary/aromatic N) is 3. The third kappa shape index (κ3) is 5.02. The van der Waals surface area contributed by atoms with Crippen LogP contribution in [-0.2, 0) is 6.54 Å². The van der Waals surface area contributed by atoms with Gasteiger partial charge in [-0.3, -0.25) is 0 Å². The third-order valence-corrected chi connectivity index (χ3v) is 10.8. The zero-order chi connectivity index (χ0) is 35.5. The minimum absolute atomic E-state index is 0.563. The van der Waals surface area contributed by atoms with E-state index in [1.54, 1.807) is 0 Å². The fraction of sp³-hybridized carbons (Fsp3) is 0.0408. The summed E-state index contributed by atoms with van der Waals surface area (Å²) in [5, 5.41) is 9.76. The number of nitrogens with two attached hydrogens (primary N) is 1. The van der Waals surface area contributed by atoms with Gasteiger partial charge in [-0.25, -0.2) is 4.99 Å². The lowest BCUT2D eigenvalue weighted by Crippen LogP contribution is -2.11. The van der Waals surface area contributed by atoms with Crippen LogP contribution in [0.25, 0.3) is 70.8 Å². The summed E-state index contributed by atoms with van der Waals surface area (Å²) in [6, 6.07) is 62.9. The molecule has 0 atom stereocenters. The Labute approximate surface area is 307 Å². The Hall–Kier alpha value is -6.91. The van der Waals surface area contributed by atoms with Gasteiger partial charge in [0, 0.05) is 32.9 Å². The number of aliphatic imine (C=N–C) groups is 1. The Morgan fingerprint density at radius 1 is 0.547 bits per heavy atom. The van der Waals surface area contributed by atoms with Crippen molar-refractivity contribution in [3.63, 3.8) is 0 Å². The smallest absolute Gasteiger partial charge is 0.0863 e. The average molecular weight is 681 g/mol. The van der Waals surface area contributed by atoms with Crippen LogP contribution in [0, 0.1) is 6.92 Å². The molecule has 4 nitrogen and oxygen atoms in total. The average Bonchev–Trinajstić information content (AvgIpc) is 3.52. The zero-order valence-corrected chi connectivity index (χ0v) is 29.4. The molecule has 10 rings (SSSR count). The van der Waals surface area contributed by atoms with Crippen molar-refractivity contribution in [3.05, 3.63) is 187 Å². The van der Waals surface area contributed by atoms with Crippen LogP contribution in [0.2, 0.25) is 0 Å². The molecule has 0 aliphatic carbocycles. The van der Waals surface area contributed by atoms with E-state index in [2.05, 4.69) is 162 Å². The molecule has 4 heteroatoms. The molecule has 2 heterocycles. The van der Waals surface area contributed by atoms with Gasteiger partial charge in [-0.2, -0.15) is 0 Å². The molecule has 0 aliphatic rings. The number of fused-ring (bicyclic) bond motifs is 8. The highest BCUT2D eigenvalue weighted by Gasteiger charge is 2.19. The number of para-hydroxylation sites is 3. The van der Waals surface area contributed by atoms with Crippen LogP contribution in [0.3, 0.4) is 0 Å². The Bertz CT molecular complexity index is 3090. The van der Waals surface area contributed by atoms with E-state index in [4.69, 9.17) is 10.7 Å². The van der Waals surface area contributed by atoms with E-state index in [1.165, 1.54) is 54.2 Å². The van der Waals surface area contributed by atoms with Crippen molar-refractivity contribution >= 4 is 82.2 Å². The number of nitrogen functional groups attached to an aromatic ring is 1. The van der Waals surface area contributed by atoms with Gasteiger partial charge < -0.3 is 14.9 Å². The lowest BCUT2D eigenvalue weighted by atomic mass is 9.96. The first-order chi connectivity index (χ1) is 26.1. The standard InChI is InChI=1S/C49H36N4/c1-32-41-29-34-17-8-9-20-37(34)49(32)53(35-18-6-3-7-19-35)36-27-28-46-42(30-36)48-40(38-21-10-11-22-39(38)41)23-14-26-47(48)52(46)31-45(33-15-4-2-5-16-33)51-44-25-13-12-24-43(44)50/h2-30H,31,50H2,1H3. The third-order valence-electron chi connectivity index (χ3n) is 10.8. The highest BCUT2D eigenvalue weighted by molar-refractivity contribution is 6.25. The van der Waals surface area contributed by atoms with E-state index < -0.39 is 0 Å². The molecular formula is C49H36N4. The summed E-state index contributed by atoms with van der Waals surface area (Å²) in [5.74, 6) is 0. The van der Waals surface area contributed by atoms with Crippen molar-refractivity contribution in [1.29, 1.82) is 0 Å². The number of benzene rings is 8. The molecule has 10 aromatic rings. The predicted molar refractivity (Wildman–Crippen MR) is 226 cm³/mol. The quantitative estimate of drug-likeness (QED) is 0.143. The number of anilines is 1. The molecule has 0 spiro atoms. The fourth-order valence-electron chi connectivity index (χ4n) is 8.31. The summed E-state index contributed by atoms with van der Waals surface area (Å²) >= 11 is 0. The van der Waals surface area contributed by atoms with Crippen LogP contribution in [-0.4, -0.2) is 14.8 Å². The lowest BCUT2D eigenvalue weighted by Gasteiger charge is -2.17. The maximum Gasteiger partial charge on any atom is 0.0863 e. The molecule has 0 saturated heterocycles. The molecule has 0 saturated carbocycles. The molecule has 2 aromatic heterocycles. The number of rotatable bonds is 5. The van der Waals surface area contributed by atoms with Crippen molar-refractivity contribution in [2.75, 3.05) is 5.73 Å². The largest absolute Gasteiger partial charge is 0.397 e. The second kappa shape index (κ2) is 12.4. The van der Waals surface area contributed by atoms with Crippen LogP contribution in [0.1, 0.15) is 11.1 Å². The van der Waals surface area contributed by atoms with Gasteiger partial charge in [0.1, 0.15) is 0 Å². The second-order valence-electron chi connectivity index (χ2n) is 13.8. The topological polar surface area (TPSA) is 48.2 Å². The van der Waals surface area contributed by atoms with Crippen molar-refractivity contribution in [1.82, 2.24) is 9.13 Å². The van der Waals surface area contributed by atoms with Gasteiger partial charge in [-0.05, 0) is 99.6 Å². The summed E-state index contributed by atoms with van der Waals surface area (Å²) in [4.78, 5) is 5.24. The molecule has 0 fully saturated rings. The molecule has 2 N–H and O–H groups in total. The summed E-state index contributed by atoms with van der Waals surface area (Å²) in [6.07, 6.45) is 0. The molecule has 0 amide bonds. The monoisotopic (exact) mass is 680 g/mol. The van der Waals surface area contributed by atoms with Gasteiger partial charge in [0.05, 0.1) is 34.7 Å². The van der Waals surface area contributed by atoms with Gasteiger partial charge in [-0.15, -0.1) is 0 Å². The molecule has 4 bridgehead atoms. The molecule has 252 valence electrons. The van der Waals surface area contributed by atoms with Gasteiger partial charge in [0.25, 0.3) is 0 Å². The number of hydrogen-bond acceptors (Lipinski definition) is 2. The SMILES string of the molecule is Cc1c2cc3ccccc3c1n(-c1ccccc1)c1ccc3c(c1)c1c(cccc1n3CC(=Nc1ccccc1N)c1ccccc1)c1ccccc21. The summed E-state index contributed by atoms with van der Waals surface area (Å²) < 4.78 is 4.89. The van der Waals surface area contributed by atoms with Gasteiger partial charge >= 0.3 is 0 Å². The Morgan fingerprint density at radius 2 is 1.21 bits per heavy atom. The van der Waals surface area contributed by atoms with Crippen LogP contribution in [0.4, 0.5) is 11.4 Å². The molecular weight excluding hydrogens is 645 g/mol. The summed E-state index contributed by atoms with van der Waals surface area (Å²) in [6.45, 7) is 2.85. The maximum absolute atomic E-state index is 6.46. The van der Waals surface area contributed by atoms with Crippen molar-refractivity contribution in [2.24, 2.45) is 4.99 Å². The summed E-state index contributed by atoms with van der Waals surface area (Å²) in [7, 11) is 0. The minimum Gasteiger partial charge on any atom is -0.397 e. The summed E-state index contributed by atoms with van der Waals surface area (Å²) in [5.41, 5.74) is 16.9. The van der Waals surface area contributed by atoms with Crippen LogP contribution < -0.4 is 5.73 Å². The van der Waals surface area contributed by atoms with Gasteiger partial charge in [0.15, 0.2) is 0 Å². The Kier molecular flexibility index (Phi) is 7.22. The number of aryl methyl sites for hydroxylation is 1. The van der Waals surface area contributed by atoms with E-state index in [1.807, 2.05) is 30.3 Å². The zero-order valence-electron chi connectivity index (χ0n) is 29.4. The Balaban J connectivity index is 1.40. The van der Waals surface area contributed by atoms with E-state index in [9.17, 15) is 0 Å². The minimum atomic E-state index is 0.563. The maximum atomic E-state index is 6.46. The number of hydrogen-bond donors (Lipinski definition) is 1. The van der Waals surface area contributed by atoms with Crippen molar-refractivity contribution in [2.45, 2.75) is 13.5 Å². The van der Waals surface area contributed by atoms with Crippen molar-refractivity contribution < 1.29 is 0 Å². The first-order valence-corrected chi connectivity index (χ1v) is 18.1. The van der Waals surface area contributed by atoms with Crippen molar-refractivity contribution in [3.8, 4) is 5.69 Å². The predicted octanol–water partition coefficient (Wildman–Crippen LogP) is 12.5. The van der Waals surface area contributed by atoms with E-state index >= 15 is 0 Å². The number of aromatic nitrogens is 2. The fourth-order valence-corrected chi connectivity index (χ4v) is 8.31. The first kappa shape index (κ1) is 30.9.